The van der Waals surface area contributed by atoms with E-state index < -0.39 is 16.7 Å². The molecule has 0 unspecified atom stereocenters. The zero-order valence-electron chi connectivity index (χ0n) is 11.2. The smallest absolute Gasteiger partial charge is 0.270 e. The summed E-state index contributed by atoms with van der Waals surface area (Å²) in [6, 6.07) is 10.9. The van der Waals surface area contributed by atoms with Crippen molar-refractivity contribution in [2.24, 2.45) is 0 Å². The Morgan fingerprint density at radius 3 is 2.27 bits per heavy atom. The molecule has 0 N–H and O–H groups in total. The van der Waals surface area contributed by atoms with E-state index in [2.05, 4.69) is 15.9 Å². The zero-order valence-corrected chi connectivity index (χ0v) is 12.7. The predicted molar refractivity (Wildman–Crippen MR) is 81.4 cm³/mol. The second kappa shape index (κ2) is 5.34. The summed E-state index contributed by atoms with van der Waals surface area (Å²) in [5, 5.41) is 10.8. The average molecular weight is 361 g/mol. The first-order chi connectivity index (χ1) is 10.5. The Morgan fingerprint density at radius 1 is 1.00 bits per heavy atom. The standard InChI is InChI=1S/C15H9BrN2O4/c16-10-3-1-9(2-4-10)8-17-14(19)12-6-5-11(18(21)22)7-13(12)15(17)20/h1-7H,8H2. The topological polar surface area (TPSA) is 80.5 Å². The van der Waals surface area contributed by atoms with E-state index in [-0.39, 0.29) is 23.4 Å². The Morgan fingerprint density at radius 2 is 1.64 bits per heavy atom. The van der Waals surface area contributed by atoms with Crippen LogP contribution in [0.25, 0.3) is 0 Å². The van der Waals surface area contributed by atoms with Gasteiger partial charge in [-0.1, -0.05) is 28.1 Å². The fraction of sp³-hybridized carbons (Fsp3) is 0.0667. The van der Waals surface area contributed by atoms with Gasteiger partial charge in [-0.15, -0.1) is 0 Å². The van der Waals surface area contributed by atoms with Crippen molar-refractivity contribution in [1.29, 1.82) is 0 Å². The summed E-state index contributed by atoms with van der Waals surface area (Å²) in [4.78, 5) is 35.9. The summed E-state index contributed by atoms with van der Waals surface area (Å²) in [5.74, 6) is -0.940. The van der Waals surface area contributed by atoms with Crippen LogP contribution in [0.4, 0.5) is 5.69 Å². The summed E-state index contributed by atoms with van der Waals surface area (Å²) in [7, 11) is 0. The van der Waals surface area contributed by atoms with Gasteiger partial charge in [-0.2, -0.15) is 0 Å². The van der Waals surface area contributed by atoms with E-state index in [1.54, 1.807) is 12.1 Å². The number of halogens is 1. The highest BCUT2D eigenvalue weighted by molar-refractivity contribution is 9.10. The molecule has 0 saturated carbocycles. The van der Waals surface area contributed by atoms with Crippen LogP contribution >= 0.6 is 15.9 Å². The van der Waals surface area contributed by atoms with Gasteiger partial charge in [0.1, 0.15) is 0 Å². The summed E-state index contributed by atoms with van der Waals surface area (Å²) in [5.41, 5.74) is 0.877. The van der Waals surface area contributed by atoms with E-state index in [0.717, 1.165) is 21.0 Å². The Hall–Kier alpha value is -2.54. The van der Waals surface area contributed by atoms with Gasteiger partial charge >= 0.3 is 0 Å². The zero-order chi connectivity index (χ0) is 15.9. The van der Waals surface area contributed by atoms with Crippen LogP contribution in [0.15, 0.2) is 46.9 Å². The van der Waals surface area contributed by atoms with E-state index in [9.17, 15) is 19.7 Å². The van der Waals surface area contributed by atoms with Crippen LogP contribution in [-0.4, -0.2) is 21.6 Å². The van der Waals surface area contributed by atoms with Crippen molar-refractivity contribution < 1.29 is 14.5 Å². The maximum atomic E-state index is 12.3. The molecule has 0 atom stereocenters. The van der Waals surface area contributed by atoms with Crippen molar-refractivity contribution in [2.75, 3.05) is 0 Å². The molecule has 0 aromatic heterocycles. The second-order valence-corrected chi connectivity index (χ2v) is 5.73. The highest BCUT2D eigenvalue weighted by atomic mass is 79.9. The van der Waals surface area contributed by atoms with Crippen molar-refractivity contribution in [3.05, 3.63) is 73.7 Å². The van der Waals surface area contributed by atoms with Gasteiger partial charge in [-0.25, -0.2) is 0 Å². The molecule has 6 nitrogen and oxygen atoms in total. The molecule has 1 aliphatic rings. The van der Waals surface area contributed by atoms with Crippen LogP contribution in [0.2, 0.25) is 0 Å². The molecular formula is C15H9BrN2O4. The number of carbonyl (C=O) groups excluding carboxylic acids is 2. The average Bonchev–Trinajstić information content (AvgIpc) is 2.74. The van der Waals surface area contributed by atoms with Gasteiger partial charge in [-0.05, 0) is 23.8 Å². The lowest BCUT2D eigenvalue weighted by atomic mass is 10.1. The van der Waals surface area contributed by atoms with Gasteiger partial charge in [0.25, 0.3) is 17.5 Å². The van der Waals surface area contributed by atoms with E-state index in [1.165, 1.54) is 12.1 Å². The van der Waals surface area contributed by atoms with Gasteiger partial charge in [0.05, 0.1) is 22.6 Å². The number of nitro groups is 1. The quantitative estimate of drug-likeness (QED) is 0.478. The number of hydrogen-bond acceptors (Lipinski definition) is 4. The number of rotatable bonds is 3. The van der Waals surface area contributed by atoms with Crippen molar-refractivity contribution in [3.63, 3.8) is 0 Å². The number of hydrogen-bond donors (Lipinski definition) is 0. The van der Waals surface area contributed by atoms with Crippen LogP contribution in [-0.2, 0) is 6.54 Å². The monoisotopic (exact) mass is 360 g/mol. The molecule has 0 spiro atoms. The van der Waals surface area contributed by atoms with Crippen LogP contribution in [0.5, 0.6) is 0 Å². The molecule has 3 rings (SSSR count). The Labute approximate surface area is 133 Å². The Bertz CT molecular complexity index is 802. The number of fused-ring (bicyclic) bond motifs is 1. The highest BCUT2D eigenvalue weighted by Gasteiger charge is 2.36. The Balaban J connectivity index is 1.92. The highest BCUT2D eigenvalue weighted by Crippen LogP contribution is 2.28. The first-order valence-electron chi connectivity index (χ1n) is 6.36. The van der Waals surface area contributed by atoms with Gasteiger partial charge in [-0.3, -0.25) is 24.6 Å². The number of nitro benzene ring substituents is 1. The molecule has 0 saturated heterocycles. The van der Waals surface area contributed by atoms with E-state index in [4.69, 9.17) is 0 Å². The fourth-order valence-electron chi connectivity index (χ4n) is 2.31. The number of nitrogens with zero attached hydrogens (tertiary/aromatic N) is 2. The first kappa shape index (κ1) is 14.4. The minimum absolute atomic E-state index is 0.0799. The fourth-order valence-corrected chi connectivity index (χ4v) is 2.57. The number of imide groups is 1. The lowest BCUT2D eigenvalue weighted by Crippen LogP contribution is -2.29. The van der Waals surface area contributed by atoms with Crippen molar-refractivity contribution in [2.45, 2.75) is 6.54 Å². The molecule has 110 valence electrons. The molecule has 22 heavy (non-hydrogen) atoms. The molecule has 1 heterocycles. The third-order valence-electron chi connectivity index (χ3n) is 3.42. The van der Waals surface area contributed by atoms with E-state index in [0.29, 0.717) is 0 Å². The van der Waals surface area contributed by atoms with Crippen LogP contribution < -0.4 is 0 Å². The van der Waals surface area contributed by atoms with E-state index >= 15 is 0 Å². The largest absolute Gasteiger partial charge is 0.270 e. The maximum Gasteiger partial charge on any atom is 0.270 e. The van der Waals surface area contributed by atoms with Gasteiger partial charge < -0.3 is 0 Å². The van der Waals surface area contributed by atoms with Crippen LogP contribution in [0, 0.1) is 10.1 Å². The maximum absolute atomic E-state index is 12.3. The van der Waals surface area contributed by atoms with E-state index in [1.807, 2.05) is 12.1 Å². The Kier molecular flexibility index (Phi) is 3.50. The summed E-state index contributed by atoms with van der Waals surface area (Å²) < 4.78 is 0.897. The first-order valence-corrected chi connectivity index (χ1v) is 7.16. The minimum atomic E-state index is -0.588. The number of carbonyl (C=O) groups is 2. The number of non-ortho nitro benzene ring substituents is 1. The summed E-state index contributed by atoms with van der Waals surface area (Å²) in [6.45, 7) is 0.132. The third kappa shape index (κ3) is 2.39. The van der Waals surface area contributed by atoms with Crippen molar-refractivity contribution >= 4 is 33.4 Å². The summed E-state index contributed by atoms with van der Waals surface area (Å²) >= 11 is 3.32. The third-order valence-corrected chi connectivity index (χ3v) is 3.95. The molecular weight excluding hydrogens is 352 g/mol. The predicted octanol–water partition coefficient (Wildman–Crippen LogP) is 3.15. The molecule has 0 fully saturated rings. The normalized spacial score (nSPS) is 13.4. The molecule has 1 aliphatic heterocycles. The van der Waals surface area contributed by atoms with Crippen molar-refractivity contribution in [3.8, 4) is 0 Å². The second-order valence-electron chi connectivity index (χ2n) is 4.81. The SMILES string of the molecule is O=C1c2ccc([N+](=O)[O-])cc2C(=O)N1Cc1ccc(Br)cc1. The minimum Gasteiger partial charge on any atom is -0.270 e. The van der Waals surface area contributed by atoms with Crippen LogP contribution in [0.3, 0.4) is 0 Å². The lowest BCUT2D eigenvalue weighted by Gasteiger charge is -2.13. The number of benzene rings is 2. The van der Waals surface area contributed by atoms with Crippen LogP contribution in [0.1, 0.15) is 26.3 Å². The molecule has 0 bridgehead atoms. The van der Waals surface area contributed by atoms with Crippen molar-refractivity contribution in [1.82, 2.24) is 4.90 Å². The van der Waals surface area contributed by atoms with Gasteiger partial charge in [0.2, 0.25) is 0 Å². The molecule has 7 heteroatoms. The van der Waals surface area contributed by atoms with Gasteiger partial charge in [0.15, 0.2) is 0 Å². The molecule has 2 aromatic carbocycles. The molecule has 0 radical (unpaired) electrons. The summed E-state index contributed by atoms with van der Waals surface area (Å²) in [6.07, 6.45) is 0. The lowest BCUT2D eigenvalue weighted by molar-refractivity contribution is -0.384. The molecule has 2 amide bonds. The molecule has 0 aliphatic carbocycles. The number of amides is 2. The van der Waals surface area contributed by atoms with Gasteiger partial charge in [0, 0.05) is 16.6 Å². The molecule has 2 aromatic rings.